The van der Waals surface area contributed by atoms with Crippen LogP contribution in [0.3, 0.4) is 0 Å². The Balaban J connectivity index is 1.95. The van der Waals surface area contributed by atoms with Crippen LogP contribution in [0.15, 0.2) is 53.1 Å². The molecule has 5 nitrogen and oxygen atoms in total. The second-order valence-electron chi connectivity index (χ2n) is 5.83. The molecule has 3 rings (SSSR count). The minimum absolute atomic E-state index is 0.688. The minimum atomic E-state index is 0.688. The van der Waals surface area contributed by atoms with Crippen LogP contribution < -0.4 is 9.80 Å². The Kier molecular flexibility index (Phi) is 4.02. The summed E-state index contributed by atoms with van der Waals surface area (Å²) in [6, 6.07) is 16.3. The van der Waals surface area contributed by atoms with Crippen molar-refractivity contribution in [3.8, 4) is 22.6 Å². The molecule has 5 heteroatoms. The van der Waals surface area contributed by atoms with Crippen LogP contribution in [0.1, 0.15) is 0 Å². The molecule has 0 aliphatic rings. The molecule has 0 amide bonds. The van der Waals surface area contributed by atoms with Gasteiger partial charge in [-0.2, -0.15) is 0 Å². The molecule has 0 aliphatic heterocycles. The minimum Gasteiger partial charge on any atom is -0.378 e. The molecule has 0 spiro atoms. The fourth-order valence-electron chi connectivity index (χ4n) is 2.40. The molecule has 0 atom stereocenters. The van der Waals surface area contributed by atoms with Crippen LogP contribution in [0.2, 0.25) is 0 Å². The Morgan fingerprint density at radius 3 is 1.65 bits per heavy atom. The Bertz CT molecular complexity index is 708. The summed E-state index contributed by atoms with van der Waals surface area (Å²) in [5, 5.41) is 7.90. The van der Waals surface area contributed by atoms with E-state index >= 15 is 0 Å². The van der Waals surface area contributed by atoms with E-state index in [9.17, 15) is 0 Å². The molecule has 0 saturated carbocycles. The predicted octanol–water partition coefficient (Wildman–Crippen LogP) is 3.54. The second kappa shape index (κ2) is 6.12. The molecule has 1 aromatic heterocycles. The van der Waals surface area contributed by atoms with Gasteiger partial charge in [0.15, 0.2) is 5.76 Å². The molecule has 0 aliphatic carbocycles. The van der Waals surface area contributed by atoms with Crippen molar-refractivity contribution >= 4 is 11.4 Å². The first-order valence-electron chi connectivity index (χ1n) is 7.44. The molecule has 23 heavy (non-hydrogen) atoms. The van der Waals surface area contributed by atoms with Crippen molar-refractivity contribution in [3.63, 3.8) is 0 Å². The Hall–Kier alpha value is -2.82. The van der Waals surface area contributed by atoms with E-state index in [2.05, 4.69) is 44.4 Å². The van der Waals surface area contributed by atoms with E-state index < -0.39 is 0 Å². The fourth-order valence-corrected chi connectivity index (χ4v) is 2.40. The van der Waals surface area contributed by atoms with Gasteiger partial charge in [0.1, 0.15) is 5.69 Å². The van der Waals surface area contributed by atoms with Gasteiger partial charge in [-0.25, -0.2) is 0 Å². The van der Waals surface area contributed by atoms with Gasteiger partial charge in [-0.1, -0.05) is 12.1 Å². The first-order valence-corrected chi connectivity index (χ1v) is 7.44. The molecule has 1 heterocycles. The number of hydrogen-bond acceptors (Lipinski definition) is 5. The maximum absolute atomic E-state index is 5.40. The van der Waals surface area contributed by atoms with E-state index in [0.29, 0.717) is 5.76 Å². The first kappa shape index (κ1) is 15.1. The van der Waals surface area contributed by atoms with Gasteiger partial charge in [0.2, 0.25) is 0 Å². The van der Waals surface area contributed by atoms with Gasteiger partial charge in [0, 0.05) is 56.0 Å². The van der Waals surface area contributed by atoms with E-state index in [4.69, 9.17) is 4.52 Å². The molecular formula is C18H20N4O. The summed E-state index contributed by atoms with van der Waals surface area (Å²) in [5.41, 5.74) is 4.99. The smallest absolute Gasteiger partial charge is 0.195 e. The lowest BCUT2D eigenvalue weighted by molar-refractivity contribution is 0.403. The van der Waals surface area contributed by atoms with Crippen LogP contribution >= 0.6 is 0 Å². The van der Waals surface area contributed by atoms with Crippen molar-refractivity contribution in [2.45, 2.75) is 0 Å². The fraction of sp³-hybridized carbons (Fsp3) is 0.222. The van der Waals surface area contributed by atoms with Gasteiger partial charge in [-0.3, -0.25) is 0 Å². The van der Waals surface area contributed by atoms with Gasteiger partial charge < -0.3 is 14.3 Å². The van der Waals surface area contributed by atoms with Crippen molar-refractivity contribution in [2.75, 3.05) is 38.0 Å². The van der Waals surface area contributed by atoms with Crippen LogP contribution in [0.25, 0.3) is 22.6 Å². The summed E-state index contributed by atoms with van der Waals surface area (Å²) >= 11 is 0. The third-order valence-electron chi connectivity index (χ3n) is 3.79. The summed E-state index contributed by atoms with van der Waals surface area (Å²) in [6.45, 7) is 0. The molecule has 0 fully saturated rings. The number of nitrogens with zero attached hydrogens (tertiary/aromatic N) is 4. The van der Waals surface area contributed by atoms with E-state index in [1.54, 1.807) is 0 Å². The van der Waals surface area contributed by atoms with Crippen LogP contribution in [0, 0.1) is 0 Å². The lowest BCUT2D eigenvalue weighted by atomic mass is 10.0. The van der Waals surface area contributed by atoms with Crippen molar-refractivity contribution in [1.29, 1.82) is 0 Å². The topological polar surface area (TPSA) is 45.4 Å². The van der Waals surface area contributed by atoms with E-state index in [-0.39, 0.29) is 0 Å². The molecule has 0 N–H and O–H groups in total. The zero-order valence-corrected chi connectivity index (χ0v) is 13.8. The summed E-state index contributed by atoms with van der Waals surface area (Å²) in [5.74, 6) is 0.688. The lowest BCUT2D eigenvalue weighted by Gasteiger charge is -2.13. The van der Waals surface area contributed by atoms with Crippen LogP contribution in [-0.4, -0.2) is 38.6 Å². The summed E-state index contributed by atoms with van der Waals surface area (Å²) in [4.78, 5) is 4.12. The lowest BCUT2D eigenvalue weighted by Crippen LogP contribution is -2.08. The molecule has 3 aromatic rings. The number of anilines is 2. The number of aromatic nitrogens is 2. The maximum atomic E-state index is 5.40. The summed E-state index contributed by atoms with van der Waals surface area (Å²) in [7, 11) is 8.07. The normalized spacial score (nSPS) is 10.6. The molecule has 118 valence electrons. The standard InChI is InChI=1S/C18H20N4O/c1-21(2)15-9-5-13(6-10-15)17-18(23-20-19-17)14-7-11-16(12-8-14)22(3)4/h5-12H,1-4H3. The highest BCUT2D eigenvalue weighted by Crippen LogP contribution is 2.31. The Morgan fingerprint density at radius 2 is 1.17 bits per heavy atom. The number of hydrogen-bond donors (Lipinski definition) is 0. The van der Waals surface area contributed by atoms with Crippen molar-refractivity contribution < 1.29 is 4.52 Å². The zero-order chi connectivity index (χ0) is 16.4. The third kappa shape index (κ3) is 3.04. The van der Waals surface area contributed by atoms with E-state index in [0.717, 1.165) is 28.2 Å². The van der Waals surface area contributed by atoms with Crippen LogP contribution in [0.4, 0.5) is 11.4 Å². The van der Waals surface area contributed by atoms with Crippen molar-refractivity contribution in [3.05, 3.63) is 48.5 Å². The second-order valence-corrected chi connectivity index (χ2v) is 5.83. The molecule has 0 saturated heterocycles. The summed E-state index contributed by atoms with van der Waals surface area (Å²) < 4.78 is 5.40. The molecular weight excluding hydrogens is 288 g/mol. The highest BCUT2D eigenvalue weighted by molar-refractivity contribution is 5.77. The van der Waals surface area contributed by atoms with Crippen LogP contribution in [0.5, 0.6) is 0 Å². The summed E-state index contributed by atoms with van der Waals surface area (Å²) in [6.07, 6.45) is 0. The van der Waals surface area contributed by atoms with Gasteiger partial charge in [0.05, 0.1) is 0 Å². The number of benzene rings is 2. The van der Waals surface area contributed by atoms with E-state index in [1.807, 2.05) is 52.5 Å². The first-order chi connectivity index (χ1) is 11.1. The monoisotopic (exact) mass is 308 g/mol. The zero-order valence-electron chi connectivity index (χ0n) is 13.8. The maximum Gasteiger partial charge on any atom is 0.195 e. The van der Waals surface area contributed by atoms with Gasteiger partial charge in [-0.05, 0) is 36.4 Å². The van der Waals surface area contributed by atoms with E-state index in [1.165, 1.54) is 0 Å². The molecule has 0 radical (unpaired) electrons. The number of rotatable bonds is 4. The van der Waals surface area contributed by atoms with Crippen molar-refractivity contribution in [2.24, 2.45) is 0 Å². The molecule has 2 aromatic carbocycles. The van der Waals surface area contributed by atoms with Crippen LogP contribution in [-0.2, 0) is 0 Å². The largest absolute Gasteiger partial charge is 0.378 e. The van der Waals surface area contributed by atoms with Gasteiger partial charge in [0.25, 0.3) is 0 Å². The predicted molar refractivity (Wildman–Crippen MR) is 93.8 cm³/mol. The highest BCUT2D eigenvalue weighted by atomic mass is 16.5. The van der Waals surface area contributed by atoms with Gasteiger partial charge in [-0.15, -0.1) is 5.10 Å². The Morgan fingerprint density at radius 1 is 0.696 bits per heavy atom. The quantitative estimate of drug-likeness (QED) is 0.737. The SMILES string of the molecule is CN(C)c1ccc(-c2nnoc2-c2ccc(N(C)C)cc2)cc1. The molecule has 0 unspecified atom stereocenters. The average Bonchev–Trinajstić information content (AvgIpc) is 3.04. The van der Waals surface area contributed by atoms with Gasteiger partial charge >= 0.3 is 0 Å². The Labute approximate surface area is 136 Å². The average molecular weight is 308 g/mol. The molecule has 0 bridgehead atoms. The third-order valence-corrected chi connectivity index (χ3v) is 3.79. The highest BCUT2D eigenvalue weighted by Gasteiger charge is 2.15. The van der Waals surface area contributed by atoms with Crippen molar-refractivity contribution in [1.82, 2.24) is 10.4 Å².